The molecule has 2 aliphatic rings. The average molecular weight is 371 g/mol. The van der Waals surface area contributed by atoms with Gasteiger partial charge in [0.2, 0.25) is 0 Å². The summed E-state index contributed by atoms with van der Waals surface area (Å²) in [4.78, 5) is 11.3. The molecule has 0 spiro atoms. The van der Waals surface area contributed by atoms with Gasteiger partial charge in [0.15, 0.2) is 0 Å². The van der Waals surface area contributed by atoms with Crippen molar-refractivity contribution in [3.05, 3.63) is 59.4 Å². The van der Waals surface area contributed by atoms with Crippen molar-refractivity contribution in [1.82, 2.24) is 14.9 Å². The molecule has 0 radical (unpaired) electrons. The van der Waals surface area contributed by atoms with Gasteiger partial charge in [0.05, 0.1) is 12.2 Å². The fourth-order valence-corrected chi connectivity index (χ4v) is 4.58. The first-order valence-corrected chi connectivity index (χ1v) is 9.60. The van der Waals surface area contributed by atoms with Crippen molar-refractivity contribution in [3.8, 4) is 0 Å². The van der Waals surface area contributed by atoms with E-state index in [-0.39, 0.29) is 5.82 Å². The third-order valence-electron chi connectivity index (χ3n) is 5.93. The van der Waals surface area contributed by atoms with E-state index < -0.39 is 5.60 Å². The number of ether oxygens (including phenoxy) is 1. The molecule has 2 fully saturated rings. The van der Waals surface area contributed by atoms with Crippen LogP contribution in [0.15, 0.2) is 36.7 Å². The van der Waals surface area contributed by atoms with E-state index in [4.69, 9.17) is 4.74 Å². The van der Waals surface area contributed by atoms with Crippen LogP contribution in [-0.4, -0.2) is 45.8 Å². The van der Waals surface area contributed by atoms with E-state index in [2.05, 4.69) is 14.9 Å². The summed E-state index contributed by atoms with van der Waals surface area (Å²) in [5, 5.41) is 11.2. The van der Waals surface area contributed by atoms with E-state index in [0.717, 1.165) is 30.8 Å². The minimum absolute atomic E-state index is 0.290. The molecule has 27 heavy (non-hydrogen) atoms. The molecule has 2 aromatic rings. The van der Waals surface area contributed by atoms with Crippen molar-refractivity contribution in [1.29, 1.82) is 0 Å². The third kappa shape index (κ3) is 3.88. The summed E-state index contributed by atoms with van der Waals surface area (Å²) >= 11 is 0. The van der Waals surface area contributed by atoms with Crippen molar-refractivity contribution >= 4 is 0 Å². The highest BCUT2D eigenvalue weighted by atomic mass is 19.1. The van der Waals surface area contributed by atoms with E-state index in [0.29, 0.717) is 43.5 Å². The minimum Gasteiger partial charge on any atom is -0.385 e. The molecule has 4 rings (SSSR count). The molecule has 1 N–H and O–H groups in total. The van der Waals surface area contributed by atoms with Crippen LogP contribution < -0.4 is 0 Å². The number of benzene rings is 1. The number of piperidine rings is 1. The zero-order valence-corrected chi connectivity index (χ0v) is 15.6. The quantitative estimate of drug-likeness (QED) is 0.846. The molecule has 2 aliphatic heterocycles. The van der Waals surface area contributed by atoms with Gasteiger partial charge < -0.3 is 9.84 Å². The lowest BCUT2D eigenvalue weighted by Gasteiger charge is -2.44. The maximum Gasteiger partial charge on any atom is 0.130 e. The van der Waals surface area contributed by atoms with Crippen LogP contribution in [0.2, 0.25) is 0 Å². The number of aromatic nitrogens is 2. The van der Waals surface area contributed by atoms with Gasteiger partial charge in [-0.3, -0.25) is 4.90 Å². The largest absolute Gasteiger partial charge is 0.385 e. The second-order valence-electron chi connectivity index (χ2n) is 7.76. The first-order chi connectivity index (χ1) is 13.1. The summed E-state index contributed by atoms with van der Waals surface area (Å²) in [5.41, 5.74) is 0.847. The Hall–Kier alpha value is -1.89. The normalized spacial score (nSPS) is 27.8. The second-order valence-corrected chi connectivity index (χ2v) is 7.76. The lowest BCUT2D eigenvalue weighted by atomic mass is 9.80. The Morgan fingerprint density at radius 2 is 1.93 bits per heavy atom. The number of aliphatic hydroxyl groups is 1. The summed E-state index contributed by atoms with van der Waals surface area (Å²) < 4.78 is 18.7. The van der Waals surface area contributed by atoms with Crippen molar-refractivity contribution in [3.63, 3.8) is 0 Å². The molecule has 144 valence electrons. The van der Waals surface area contributed by atoms with Gasteiger partial charge in [0.25, 0.3) is 0 Å². The first-order valence-electron chi connectivity index (χ1n) is 9.60. The molecule has 3 heterocycles. The van der Waals surface area contributed by atoms with Crippen LogP contribution in [0.25, 0.3) is 0 Å². The Morgan fingerprint density at radius 3 is 2.56 bits per heavy atom. The van der Waals surface area contributed by atoms with E-state index in [1.54, 1.807) is 13.2 Å². The van der Waals surface area contributed by atoms with Crippen molar-refractivity contribution in [2.24, 2.45) is 0 Å². The first kappa shape index (κ1) is 18.5. The number of fused-ring (bicyclic) bond motifs is 2. The lowest BCUT2D eigenvalue weighted by molar-refractivity contribution is -0.0597. The highest BCUT2D eigenvalue weighted by Gasteiger charge is 2.48. The third-order valence-corrected chi connectivity index (χ3v) is 5.93. The molecular formula is C21H26FN3O2. The molecule has 0 saturated carbocycles. The lowest BCUT2D eigenvalue weighted by Crippen LogP contribution is -2.49. The van der Waals surface area contributed by atoms with Gasteiger partial charge >= 0.3 is 0 Å². The van der Waals surface area contributed by atoms with Gasteiger partial charge in [0.1, 0.15) is 11.6 Å². The highest BCUT2D eigenvalue weighted by molar-refractivity contribution is 5.26. The average Bonchev–Trinajstić information content (AvgIpc) is 2.91. The van der Waals surface area contributed by atoms with Crippen molar-refractivity contribution in [2.75, 3.05) is 13.7 Å². The van der Waals surface area contributed by atoms with Gasteiger partial charge in [-0.2, -0.15) is 0 Å². The number of methoxy groups -OCH3 is 1. The Balaban J connectivity index is 1.45. The summed E-state index contributed by atoms with van der Waals surface area (Å²) in [6.07, 6.45) is 7.91. The fraction of sp³-hybridized carbons (Fsp3) is 0.524. The van der Waals surface area contributed by atoms with E-state index in [1.165, 1.54) is 12.1 Å². The second kappa shape index (κ2) is 7.62. The predicted octanol–water partition coefficient (Wildman–Crippen LogP) is 2.82. The molecular weight excluding hydrogens is 345 g/mol. The summed E-state index contributed by atoms with van der Waals surface area (Å²) in [6, 6.07) is 7.01. The van der Waals surface area contributed by atoms with Gasteiger partial charge in [0, 0.05) is 50.1 Å². The van der Waals surface area contributed by atoms with Gasteiger partial charge in [-0.25, -0.2) is 14.4 Å². The van der Waals surface area contributed by atoms with Gasteiger partial charge in [-0.1, -0.05) is 12.1 Å². The van der Waals surface area contributed by atoms with E-state index in [1.807, 2.05) is 18.5 Å². The van der Waals surface area contributed by atoms with Crippen LogP contribution in [0.1, 0.15) is 42.6 Å². The highest BCUT2D eigenvalue weighted by Crippen LogP contribution is 2.46. The monoisotopic (exact) mass is 371 g/mol. The smallest absolute Gasteiger partial charge is 0.130 e. The minimum atomic E-state index is -0.940. The predicted molar refractivity (Wildman–Crippen MR) is 99.5 cm³/mol. The molecule has 2 bridgehead atoms. The molecule has 1 aromatic carbocycles. The van der Waals surface area contributed by atoms with Crippen molar-refractivity contribution < 1.29 is 14.2 Å². The van der Waals surface area contributed by atoms with Crippen LogP contribution in [0.3, 0.4) is 0 Å². The van der Waals surface area contributed by atoms with Crippen LogP contribution in [0, 0.1) is 5.82 Å². The standard InChI is InChI=1S/C21H26FN3O2/c1-27-8-7-20-23-12-15(13-24-20)14-25-18-5-6-19(25)11-21(26,10-18)16-3-2-4-17(22)9-16/h2-4,9,12-13,18-19,26H,5-8,10-11,14H2,1H3/t18-,19-/m1/s1. The molecule has 0 unspecified atom stereocenters. The Bertz CT molecular complexity index is 769. The van der Waals surface area contributed by atoms with Crippen LogP contribution in [0.5, 0.6) is 0 Å². The van der Waals surface area contributed by atoms with Gasteiger partial charge in [-0.15, -0.1) is 0 Å². The number of rotatable bonds is 6. The summed E-state index contributed by atoms with van der Waals surface area (Å²) in [6.45, 7) is 1.41. The maximum atomic E-state index is 13.6. The molecule has 5 nitrogen and oxygen atoms in total. The maximum absolute atomic E-state index is 13.6. The van der Waals surface area contributed by atoms with Crippen LogP contribution >= 0.6 is 0 Å². The van der Waals surface area contributed by atoms with E-state index >= 15 is 0 Å². The molecule has 0 aliphatic carbocycles. The van der Waals surface area contributed by atoms with Crippen LogP contribution in [0.4, 0.5) is 4.39 Å². The zero-order chi connectivity index (χ0) is 18.9. The van der Waals surface area contributed by atoms with Gasteiger partial charge in [-0.05, 0) is 43.4 Å². The molecule has 2 saturated heterocycles. The molecule has 1 aromatic heterocycles. The Morgan fingerprint density at radius 1 is 1.22 bits per heavy atom. The number of hydrogen-bond donors (Lipinski definition) is 1. The number of halogens is 1. The van der Waals surface area contributed by atoms with Crippen LogP contribution in [-0.2, 0) is 23.3 Å². The molecule has 6 heteroatoms. The van der Waals surface area contributed by atoms with Crippen molar-refractivity contribution in [2.45, 2.75) is 56.3 Å². The number of nitrogens with zero attached hydrogens (tertiary/aromatic N) is 3. The van der Waals surface area contributed by atoms with E-state index in [9.17, 15) is 9.50 Å². The molecule has 2 atom stereocenters. The Labute approximate surface area is 159 Å². The summed E-state index contributed by atoms with van der Waals surface area (Å²) in [7, 11) is 1.67. The zero-order valence-electron chi connectivity index (χ0n) is 15.6. The topological polar surface area (TPSA) is 58.5 Å². The number of hydrogen-bond acceptors (Lipinski definition) is 5. The molecule has 0 amide bonds. The Kier molecular flexibility index (Phi) is 5.21. The fourth-order valence-electron chi connectivity index (χ4n) is 4.58. The summed E-state index contributed by atoms with van der Waals surface area (Å²) in [5.74, 6) is 0.504. The SMILES string of the molecule is COCCc1ncc(CN2[C@@H]3CC[C@@H]2CC(O)(c2cccc(F)c2)C3)cn1.